The van der Waals surface area contributed by atoms with Gasteiger partial charge in [0.1, 0.15) is 5.75 Å². The highest BCUT2D eigenvalue weighted by molar-refractivity contribution is 5.53. The van der Waals surface area contributed by atoms with Crippen LogP contribution in [0.25, 0.3) is 0 Å². The average Bonchev–Trinajstić information content (AvgIpc) is 2.17. The Hall–Kier alpha value is -1.18. The zero-order chi connectivity index (χ0) is 10.6. The highest BCUT2D eigenvalue weighted by Gasteiger charge is 2.05. The van der Waals surface area contributed by atoms with Crippen LogP contribution in [0.2, 0.25) is 0 Å². The molecule has 0 atom stereocenters. The van der Waals surface area contributed by atoms with E-state index in [1.807, 2.05) is 13.0 Å². The van der Waals surface area contributed by atoms with Gasteiger partial charge in [-0.25, -0.2) is 0 Å². The molecule has 0 saturated heterocycles. The molecule has 1 aromatic rings. The summed E-state index contributed by atoms with van der Waals surface area (Å²) in [5, 5.41) is 12.7. The van der Waals surface area contributed by atoms with Crippen LogP contribution in [0.3, 0.4) is 0 Å². The number of aromatic hydroxyl groups is 1. The lowest BCUT2D eigenvalue weighted by molar-refractivity contribution is 0.475. The zero-order valence-electron chi connectivity index (χ0n) is 9.17. The number of phenols is 1. The molecule has 78 valence electrons. The molecule has 0 heterocycles. The third-order valence-electron chi connectivity index (χ3n) is 2.56. The lowest BCUT2D eigenvalue weighted by Gasteiger charge is -2.17. The molecule has 0 aliphatic carbocycles. The second kappa shape index (κ2) is 4.89. The Balaban J connectivity index is 2.76. The van der Waals surface area contributed by atoms with E-state index in [0.717, 1.165) is 24.1 Å². The molecule has 14 heavy (non-hydrogen) atoms. The van der Waals surface area contributed by atoms with Crippen LogP contribution in [0.5, 0.6) is 5.75 Å². The lowest BCUT2D eigenvalue weighted by atomic mass is 10.1. The van der Waals surface area contributed by atoms with Crippen LogP contribution in [-0.2, 0) is 0 Å². The predicted octanol–water partition coefficient (Wildman–Crippen LogP) is 3.30. The fraction of sp³-hybridized carbons (Fsp3) is 0.500. The number of rotatable bonds is 4. The summed E-state index contributed by atoms with van der Waals surface area (Å²) in [4.78, 5) is 0. The molecule has 0 aliphatic rings. The average molecular weight is 193 g/mol. The molecule has 0 aliphatic heterocycles. The fourth-order valence-electron chi connectivity index (χ4n) is 1.52. The first-order valence-corrected chi connectivity index (χ1v) is 5.23. The van der Waals surface area contributed by atoms with Gasteiger partial charge in [-0.2, -0.15) is 0 Å². The summed E-state index contributed by atoms with van der Waals surface area (Å²) < 4.78 is 0. The van der Waals surface area contributed by atoms with E-state index in [1.54, 1.807) is 12.1 Å². The first kappa shape index (κ1) is 10.9. The van der Waals surface area contributed by atoms with Crippen molar-refractivity contribution in [3.8, 4) is 5.75 Å². The Morgan fingerprint density at radius 2 is 1.93 bits per heavy atom. The summed E-state index contributed by atoms with van der Waals surface area (Å²) in [5.41, 5.74) is 2.22. The zero-order valence-corrected chi connectivity index (χ0v) is 9.17. The molecule has 0 bridgehead atoms. The Labute approximate surface area is 86.0 Å². The first-order valence-electron chi connectivity index (χ1n) is 5.23. The van der Waals surface area contributed by atoms with Crippen molar-refractivity contribution in [1.29, 1.82) is 0 Å². The largest absolute Gasteiger partial charge is 0.508 e. The standard InChI is InChI=1S/C12H19NO/c1-4-10(5-2)13-12-7-6-11(14)8-9(12)3/h6-8,10,13-14H,4-5H2,1-3H3. The van der Waals surface area contributed by atoms with E-state index in [-0.39, 0.29) is 0 Å². The van der Waals surface area contributed by atoms with Crippen LogP contribution in [0.1, 0.15) is 32.3 Å². The second-order valence-corrected chi connectivity index (χ2v) is 3.66. The van der Waals surface area contributed by atoms with Crippen molar-refractivity contribution < 1.29 is 5.11 Å². The predicted molar refractivity (Wildman–Crippen MR) is 60.8 cm³/mol. The Bertz CT molecular complexity index is 292. The van der Waals surface area contributed by atoms with Gasteiger partial charge in [0, 0.05) is 11.7 Å². The summed E-state index contributed by atoms with van der Waals surface area (Å²) in [5.74, 6) is 0.331. The van der Waals surface area contributed by atoms with Gasteiger partial charge < -0.3 is 10.4 Å². The molecule has 0 unspecified atom stereocenters. The number of nitrogens with one attached hydrogen (secondary N) is 1. The molecular weight excluding hydrogens is 174 g/mol. The monoisotopic (exact) mass is 193 g/mol. The molecule has 0 fully saturated rings. The van der Waals surface area contributed by atoms with E-state index >= 15 is 0 Å². The van der Waals surface area contributed by atoms with Gasteiger partial charge in [-0.15, -0.1) is 0 Å². The molecule has 2 nitrogen and oxygen atoms in total. The fourth-order valence-corrected chi connectivity index (χ4v) is 1.52. The van der Waals surface area contributed by atoms with E-state index < -0.39 is 0 Å². The minimum Gasteiger partial charge on any atom is -0.508 e. The maximum absolute atomic E-state index is 9.26. The highest BCUT2D eigenvalue weighted by Crippen LogP contribution is 2.21. The summed E-state index contributed by atoms with van der Waals surface area (Å²) in [6.07, 6.45) is 2.24. The van der Waals surface area contributed by atoms with Crippen molar-refractivity contribution >= 4 is 5.69 Å². The maximum atomic E-state index is 9.26. The summed E-state index contributed by atoms with van der Waals surface area (Å²) in [6.45, 7) is 6.36. The number of hydrogen-bond donors (Lipinski definition) is 2. The summed E-state index contributed by atoms with van der Waals surface area (Å²) in [7, 11) is 0. The van der Waals surface area contributed by atoms with Gasteiger partial charge in [-0.05, 0) is 43.5 Å². The van der Waals surface area contributed by atoms with Gasteiger partial charge in [-0.3, -0.25) is 0 Å². The molecule has 2 heteroatoms. The third kappa shape index (κ3) is 2.66. The van der Waals surface area contributed by atoms with E-state index in [4.69, 9.17) is 0 Å². The number of anilines is 1. The molecule has 0 radical (unpaired) electrons. The minimum atomic E-state index is 0.331. The topological polar surface area (TPSA) is 32.3 Å². The van der Waals surface area contributed by atoms with Gasteiger partial charge in [0.25, 0.3) is 0 Å². The van der Waals surface area contributed by atoms with E-state index in [0.29, 0.717) is 11.8 Å². The van der Waals surface area contributed by atoms with Gasteiger partial charge in [0.05, 0.1) is 0 Å². The second-order valence-electron chi connectivity index (χ2n) is 3.66. The number of aryl methyl sites for hydroxylation is 1. The third-order valence-corrected chi connectivity index (χ3v) is 2.56. The van der Waals surface area contributed by atoms with Crippen LogP contribution >= 0.6 is 0 Å². The normalized spacial score (nSPS) is 10.6. The SMILES string of the molecule is CCC(CC)Nc1ccc(O)cc1C. The Morgan fingerprint density at radius 3 is 2.43 bits per heavy atom. The van der Waals surface area contributed by atoms with Crippen molar-refractivity contribution in [2.45, 2.75) is 39.7 Å². The molecule has 0 saturated carbocycles. The van der Waals surface area contributed by atoms with Crippen LogP contribution in [0.15, 0.2) is 18.2 Å². The number of benzene rings is 1. The summed E-state index contributed by atoms with van der Waals surface area (Å²) >= 11 is 0. The lowest BCUT2D eigenvalue weighted by Crippen LogP contribution is -2.17. The van der Waals surface area contributed by atoms with Gasteiger partial charge in [0.2, 0.25) is 0 Å². The number of hydrogen-bond acceptors (Lipinski definition) is 2. The first-order chi connectivity index (χ1) is 6.67. The van der Waals surface area contributed by atoms with Gasteiger partial charge >= 0.3 is 0 Å². The van der Waals surface area contributed by atoms with Crippen molar-refractivity contribution in [2.75, 3.05) is 5.32 Å². The smallest absolute Gasteiger partial charge is 0.115 e. The van der Waals surface area contributed by atoms with E-state index in [2.05, 4.69) is 19.2 Å². The molecule has 0 amide bonds. The van der Waals surface area contributed by atoms with Gasteiger partial charge in [0.15, 0.2) is 0 Å². The molecular formula is C12H19NO. The van der Waals surface area contributed by atoms with Crippen molar-refractivity contribution in [1.82, 2.24) is 0 Å². The quantitative estimate of drug-likeness (QED) is 0.719. The Kier molecular flexibility index (Phi) is 3.81. The highest BCUT2D eigenvalue weighted by atomic mass is 16.3. The van der Waals surface area contributed by atoms with Crippen molar-refractivity contribution in [3.63, 3.8) is 0 Å². The van der Waals surface area contributed by atoms with Gasteiger partial charge in [-0.1, -0.05) is 13.8 Å². The van der Waals surface area contributed by atoms with Crippen molar-refractivity contribution in [2.24, 2.45) is 0 Å². The molecule has 1 rings (SSSR count). The number of phenolic OH excluding ortho intramolecular Hbond substituents is 1. The summed E-state index contributed by atoms with van der Waals surface area (Å²) in [6, 6.07) is 5.96. The maximum Gasteiger partial charge on any atom is 0.115 e. The minimum absolute atomic E-state index is 0.331. The van der Waals surface area contributed by atoms with E-state index in [1.165, 1.54) is 0 Å². The molecule has 1 aromatic carbocycles. The van der Waals surface area contributed by atoms with Crippen LogP contribution in [-0.4, -0.2) is 11.1 Å². The Morgan fingerprint density at radius 1 is 1.29 bits per heavy atom. The van der Waals surface area contributed by atoms with Crippen molar-refractivity contribution in [3.05, 3.63) is 23.8 Å². The van der Waals surface area contributed by atoms with E-state index in [9.17, 15) is 5.11 Å². The molecule has 0 spiro atoms. The van der Waals surface area contributed by atoms with Crippen LogP contribution in [0, 0.1) is 6.92 Å². The van der Waals surface area contributed by atoms with Crippen LogP contribution < -0.4 is 5.32 Å². The molecule has 2 N–H and O–H groups in total. The molecule has 0 aromatic heterocycles. The van der Waals surface area contributed by atoms with Crippen LogP contribution in [0.4, 0.5) is 5.69 Å².